The predicted octanol–water partition coefficient (Wildman–Crippen LogP) is 4.86. The molecule has 0 saturated carbocycles. The average Bonchev–Trinajstić information content (AvgIpc) is 3.11. The second kappa shape index (κ2) is 8.27. The number of anilines is 1. The number of amides is 1. The maximum absolute atomic E-state index is 12.8. The molecule has 28 heavy (non-hydrogen) atoms. The number of pyridine rings is 1. The molecular weight excluding hydrogens is 465 g/mol. The largest absolute Gasteiger partial charge is 0.456 e. The van der Waals surface area contributed by atoms with E-state index in [1.54, 1.807) is 6.07 Å². The van der Waals surface area contributed by atoms with Crippen molar-refractivity contribution >= 4 is 39.3 Å². The van der Waals surface area contributed by atoms with Crippen LogP contribution >= 0.6 is 27.5 Å². The molecule has 6 nitrogen and oxygen atoms in total. The summed E-state index contributed by atoms with van der Waals surface area (Å²) < 4.78 is 43.8. The van der Waals surface area contributed by atoms with E-state index < -0.39 is 23.8 Å². The van der Waals surface area contributed by atoms with Crippen molar-refractivity contribution in [2.45, 2.75) is 18.5 Å². The van der Waals surface area contributed by atoms with Crippen LogP contribution in [0.5, 0.6) is 0 Å². The average molecular weight is 476 g/mol. The minimum Gasteiger partial charge on any atom is -0.456 e. The molecule has 0 aliphatic rings. The standard InChI is InChI=1S/C17H11BrClF3N4O2/c18-10-3-9(5-23-6-10)12(4-11-1-2-13(28-11)17(20,21)22)16(27)26-15-8-24-14(19)7-25-15/h1-3,5-8,12H,4H2,(H,25,26,27). The molecule has 11 heteroatoms. The number of nitrogens with one attached hydrogen (secondary N) is 1. The predicted molar refractivity (Wildman–Crippen MR) is 97.8 cm³/mol. The minimum atomic E-state index is -4.60. The van der Waals surface area contributed by atoms with E-state index >= 15 is 0 Å². The van der Waals surface area contributed by atoms with Gasteiger partial charge >= 0.3 is 6.18 Å². The highest BCUT2D eigenvalue weighted by atomic mass is 79.9. The van der Waals surface area contributed by atoms with Crippen LogP contribution in [0.3, 0.4) is 0 Å². The zero-order valence-corrected chi connectivity index (χ0v) is 16.2. The van der Waals surface area contributed by atoms with E-state index in [9.17, 15) is 18.0 Å². The number of carbonyl (C=O) groups is 1. The molecule has 0 saturated heterocycles. The highest BCUT2D eigenvalue weighted by molar-refractivity contribution is 9.10. The lowest BCUT2D eigenvalue weighted by Crippen LogP contribution is -2.23. The normalized spacial score (nSPS) is 12.6. The van der Waals surface area contributed by atoms with Gasteiger partial charge in [-0.3, -0.25) is 9.78 Å². The smallest absolute Gasteiger partial charge is 0.449 e. The molecule has 3 aromatic heterocycles. The summed E-state index contributed by atoms with van der Waals surface area (Å²) in [4.78, 5) is 24.6. The van der Waals surface area contributed by atoms with Gasteiger partial charge in [0.15, 0.2) is 5.82 Å². The highest BCUT2D eigenvalue weighted by Crippen LogP contribution is 2.32. The van der Waals surface area contributed by atoms with Crippen molar-refractivity contribution in [3.05, 3.63) is 69.7 Å². The van der Waals surface area contributed by atoms with Gasteiger partial charge in [-0.1, -0.05) is 11.6 Å². The molecule has 0 aliphatic carbocycles. The molecule has 0 aliphatic heterocycles. The maximum Gasteiger partial charge on any atom is 0.449 e. The van der Waals surface area contributed by atoms with Crippen molar-refractivity contribution in [1.29, 1.82) is 0 Å². The fourth-order valence-corrected chi connectivity index (χ4v) is 2.89. The first-order valence-corrected chi connectivity index (χ1v) is 8.94. The van der Waals surface area contributed by atoms with E-state index in [1.807, 2.05) is 0 Å². The lowest BCUT2D eigenvalue weighted by atomic mass is 9.95. The number of rotatable bonds is 5. The molecule has 3 heterocycles. The molecule has 1 amide bonds. The van der Waals surface area contributed by atoms with Gasteiger partial charge in [0.05, 0.1) is 18.3 Å². The zero-order chi connectivity index (χ0) is 20.3. The number of aromatic nitrogens is 3. The molecule has 146 valence electrons. The number of carbonyl (C=O) groups excluding carboxylic acids is 1. The van der Waals surface area contributed by atoms with Crippen LogP contribution in [0.4, 0.5) is 19.0 Å². The summed E-state index contributed by atoms with van der Waals surface area (Å²) in [7, 11) is 0. The van der Waals surface area contributed by atoms with Crippen LogP contribution in [0.2, 0.25) is 5.15 Å². The first kappa shape index (κ1) is 20.3. The van der Waals surface area contributed by atoms with Crippen molar-refractivity contribution in [1.82, 2.24) is 15.0 Å². The fraction of sp³-hybridized carbons (Fsp3) is 0.176. The molecular formula is C17H11BrClF3N4O2. The number of halogens is 5. The SMILES string of the molecule is O=C(Nc1cnc(Cl)cn1)C(Cc1ccc(C(F)(F)F)o1)c1cncc(Br)c1. The molecule has 1 atom stereocenters. The molecule has 3 rings (SSSR count). The maximum atomic E-state index is 12.8. The van der Waals surface area contributed by atoms with Gasteiger partial charge in [-0.05, 0) is 39.7 Å². The Morgan fingerprint density at radius 2 is 2.00 bits per heavy atom. The van der Waals surface area contributed by atoms with Crippen LogP contribution in [0.1, 0.15) is 23.0 Å². The molecule has 0 fully saturated rings. The Bertz CT molecular complexity index is 979. The molecule has 1 unspecified atom stereocenters. The molecule has 0 radical (unpaired) electrons. The Labute approximate surface area is 170 Å². The third kappa shape index (κ3) is 5.08. The molecule has 0 aromatic carbocycles. The highest BCUT2D eigenvalue weighted by Gasteiger charge is 2.35. The second-order valence-corrected chi connectivity index (χ2v) is 6.97. The van der Waals surface area contributed by atoms with E-state index in [1.165, 1.54) is 30.9 Å². The Morgan fingerprint density at radius 1 is 1.21 bits per heavy atom. The quantitative estimate of drug-likeness (QED) is 0.570. The number of alkyl halides is 3. The van der Waals surface area contributed by atoms with Crippen molar-refractivity contribution in [3.8, 4) is 0 Å². The summed E-state index contributed by atoms with van der Waals surface area (Å²) in [6, 6.07) is 3.67. The first-order valence-electron chi connectivity index (χ1n) is 7.77. The Balaban J connectivity index is 1.87. The zero-order valence-electron chi connectivity index (χ0n) is 13.9. The lowest BCUT2D eigenvalue weighted by Gasteiger charge is -2.16. The van der Waals surface area contributed by atoms with Crippen LogP contribution in [-0.2, 0) is 17.4 Å². The number of nitrogens with zero attached hydrogens (tertiary/aromatic N) is 3. The van der Waals surface area contributed by atoms with Gasteiger partial charge in [-0.15, -0.1) is 0 Å². The van der Waals surface area contributed by atoms with E-state index in [0.29, 0.717) is 10.0 Å². The molecule has 3 aromatic rings. The minimum absolute atomic E-state index is 0.00893. The molecule has 0 bridgehead atoms. The Hall–Kier alpha value is -2.46. The van der Waals surface area contributed by atoms with Gasteiger partial charge in [0.1, 0.15) is 10.9 Å². The van der Waals surface area contributed by atoms with Crippen LogP contribution in [0.25, 0.3) is 0 Å². The van der Waals surface area contributed by atoms with Gasteiger partial charge < -0.3 is 9.73 Å². The van der Waals surface area contributed by atoms with E-state index in [4.69, 9.17) is 16.0 Å². The fourth-order valence-electron chi connectivity index (χ4n) is 2.41. The van der Waals surface area contributed by atoms with E-state index in [2.05, 4.69) is 36.2 Å². The topological polar surface area (TPSA) is 80.9 Å². The second-order valence-electron chi connectivity index (χ2n) is 5.67. The van der Waals surface area contributed by atoms with Crippen LogP contribution in [0.15, 0.2) is 51.9 Å². The number of hydrogen-bond acceptors (Lipinski definition) is 5. The van der Waals surface area contributed by atoms with Crippen molar-refractivity contribution in [2.24, 2.45) is 0 Å². The van der Waals surface area contributed by atoms with Crippen LogP contribution < -0.4 is 5.32 Å². The third-order valence-corrected chi connectivity index (χ3v) is 4.29. The van der Waals surface area contributed by atoms with E-state index in [-0.39, 0.29) is 23.2 Å². The van der Waals surface area contributed by atoms with Crippen molar-refractivity contribution in [3.63, 3.8) is 0 Å². The van der Waals surface area contributed by atoms with Crippen molar-refractivity contribution in [2.75, 3.05) is 5.32 Å². The van der Waals surface area contributed by atoms with Gasteiger partial charge in [0.25, 0.3) is 0 Å². The van der Waals surface area contributed by atoms with E-state index in [0.717, 1.165) is 6.07 Å². The molecule has 1 N–H and O–H groups in total. The Morgan fingerprint density at radius 3 is 2.61 bits per heavy atom. The third-order valence-electron chi connectivity index (χ3n) is 3.66. The molecule has 0 spiro atoms. The van der Waals surface area contributed by atoms with Crippen molar-refractivity contribution < 1.29 is 22.4 Å². The summed E-state index contributed by atoms with van der Waals surface area (Å²) in [5.41, 5.74) is 0.485. The number of furan rings is 1. The summed E-state index contributed by atoms with van der Waals surface area (Å²) in [5.74, 6) is -2.36. The van der Waals surface area contributed by atoms with Crippen LogP contribution in [0, 0.1) is 0 Å². The van der Waals surface area contributed by atoms with Crippen LogP contribution in [-0.4, -0.2) is 20.9 Å². The summed E-state index contributed by atoms with van der Waals surface area (Å²) >= 11 is 8.93. The monoisotopic (exact) mass is 474 g/mol. The first-order chi connectivity index (χ1) is 13.2. The summed E-state index contributed by atoms with van der Waals surface area (Å²) in [6.45, 7) is 0. The summed E-state index contributed by atoms with van der Waals surface area (Å²) in [5, 5.41) is 2.72. The number of hydrogen-bond donors (Lipinski definition) is 1. The van der Waals surface area contributed by atoms with Gasteiger partial charge in [-0.25, -0.2) is 9.97 Å². The van der Waals surface area contributed by atoms with Gasteiger partial charge in [0.2, 0.25) is 11.7 Å². The van der Waals surface area contributed by atoms with Gasteiger partial charge in [-0.2, -0.15) is 13.2 Å². The Kier molecular flexibility index (Phi) is 5.99. The summed E-state index contributed by atoms with van der Waals surface area (Å²) in [6.07, 6.45) is 0.793. The van der Waals surface area contributed by atoms with Gasteiger partial charge in [0, 0.05) is 23.3 Å². The lowest BCUT2D eigenvalue weighted by molar-refractivity contribution is -0.153.